The van der Waals surface area contributed by atoms with Crippen LogP contribution in [0.5, 0.6) is 0 Å². The van der Waals surface area contributed by atoms with Gasteiger partial charge in [-0.3, -0.25) is 5.10 Å². The molecule has 5 heteroatoms. The van der Waals surface area contributed by atoms with Crippen molar-refractivity contribution in [3.05, 3.63) is 53.3 Å². The normalized spacial score (nSPS) is 20.6. The number of hydrogen-bond acceptors (Lipinski definition) is 2. The van der Waals surface area contributed by atoms with Crippen LogP contribution in [0.2, 0.25) is 0 Å². The third-order valence-corrected chi connectivity index (χ3v) is 4.99. The highest BCUT2D eigenvalue weighted by atomic mass is 16.2. The summed E-state index contributed by atoms with van der Waals surface area (Å²) in [4.78, 5) is 14.3. The zero-order valence-electron chi connectivity index (χ0n) is 14.5. The van der Waals surface area contributed by atoms with Gasteiger partial charge >= 0.3 is 6.03 Å². The lowest BCUT2D eigenvalue weighted by atomic mass is 9.80. The van der Waals surface area contributed by atoms with Crippen molar-refractivity contribution < 1.29 is 4.79 Å². The number of carbonyl (C=O) groups is 1. The molecule has 0 aliphatic heterocycles. The maximum atomic E-state index is 12.6. The molecule has 5 nitrogen and oxygen atoms in total. The Hall–Kier alpha value is -2.30. The highest BCUT2D eigenvalue weighted by molar-refractivity contribution is 5.74. The average molecular weight is 326 g/mol. The van der Waals surface area contributed by atoms with Gasteiger partial charge in [-0.2, -0.15) is 5.10 Å². The van der Waals surface area contributed by atoms with Crippen LogP contribution in [0.15, 0.2) is 36.5 Å². The number of aromatic nitrogens is 2. The van der Waals surface area contributed by atoms with Crippen LogP contribution in [-0.2, 0) is 6.54 Å². The number of urea groups is 1. The van der Waals surface area contributed by atoms with E-state index in [9.17, 15) is 4.79 Å². The van der Waals surface area contributed by atoms with Crippen LogP contribution < -0.4 is 5.32 Å². The fourth-order valence-electron chi connectivity index (χ4n) is 3.53. The molecule has 128 valence electrons. The van der Waals surface area contributed by atoms with E-state index in [-0.39, 0.29) is 12.1 Å². The molecule has 0 spiro atoms. The smallest absolute Gasteiger partial charge is 0.317 e. The van der Waals surface area contributed by atoms with Gasteiger partial charge in [0.15, 0.2) is 0 Å². The van der Waals surface area contributed by atoms with Gasteiger partial charge in [0.1, 0.15) is 0 Å². The minimum Gasteiger partial charge on any atom is -0.335 e. The van der Waals surface area contributed by atoms with Gasteiger partial charge in [0, 0.05) is 30.3 Å². The third kappa shape index (κ3) is 3.78. The summed E-state index contributed by atoms with van der Waals surface area (Å²) >= 11 is 0. The number of carbonyl (C=O) groups excluding carboxylic acids is 1. The lowest BCUT2D eigenvalue weighted by Crippen LogP contribution is -2.46. The molecule has 1 heterocycles. The number of benzene rings is 1. The van der Waals surface area contributed by atoms with Crippen molar-refractivity contribution in [3.8, 4) is 0 Å². The van der Waals surface area contributed by atoms with Gasteiger partial charge in [0.2, 0.25) is 0 Å². The summed E-state index contributed by atoms with van der Waals surface area (Å²) in [5.74, 6) is 0.410. The summed E-state index contributed by atoms with van der Waals surface area (Å²) in [5, 5.41) is 10.2. The van der Waals surface area contributed by atoms with Gasteiger partial charge < -0.3 is 10.2 Å². The second kappa shape index (κ2) is 7.51. The Labute approximate surface area is 143 Å². The molecule has 1 aliphatic carbocycles. The number of aromatic amines is 1. The Morgan fingerprint density at radius 1 is 1.29 bits per heavy atom. The van der Waals surface area contributed by atoms with Crippen LogP contribution in [0.3, 0.4) is 0 Å². The minimum atomic E-state index is -0.0107. The van der Waals surface area contributed by atoms with Crippen LogP contribution in [0, 0.1) is 6.92 Å². The largest absolute Gasteiger partial charge is 0.335 e. The first-order valence-corrected chi connectivity index (χ1v) is 8.70. The summed E-state index contributed by atoms with van der Waals surface area (Å²) in [6, 6.07) is 10.8. The molecule has 1 aliphatic rings. The van der Waals surface area contributed by atoms with Gasteiger partial charge in [0.25, 0.3) is 0 Å². The van der Waals surface area contributed by atoms with E-state index in [1.807, 2.05) is 20.0 Å². The molecule has 0 radical (unpaired) electrons. The van der Waals surface area contributed by atoms with Crippen molar-refractivity contribution in [1.82, 2.24) is 20.4 Å². The van der Waals surface area contributed by atoms with Crippen LogP contribution in [0.25, 0.3) is 0 Å². The van der Waals surface area contributed by atoms with Crippen molar-refractivity contribution in [2.75, 3.05) is 7.05 Å². The minimum absolute atomic E-state index is 0.0107. The zero-order valence-corrected chi connectivity index (χ0v) is 14.5. The molecule has 2 unspecified atom stereocenters. The Morgan fingerprint density at radius 3 is 2.75 bits per heavy atom. The number of amides is 2. The van der Waals surface area contributed by atoms with E-state index in [1.54, 1.807) is 11.1 Å². The molecule has 3 rings (SSSR count). The molecule has 1 saturated carbocycles. The van der Waals surface area contributed by atoms with Crippen LogP contribution in [0.1, 0.15) is 48.4 Å². The summed E-state index contributed by atoms with van der Waals surface area (Å²) < 4.78 is 0. The maximum Gasteiger partial charge on any atom is 0.317 e. The number of aryl methyl sites for hydroxylation is 1. The van der Waals surface area contributed by atoms with Gasteiger partial charge in [-0.15, -0.1) is 0 Å². The standard InChI is InChI=1S/C19H26N4O/c1-14-16(12-20-22-14)13-23(2)19(24)21-18-11-7-6-10-17(18)15-8-4-3-5-9-15/h3-5,8-9,12,17-18H,6-7,10-11,13H2,1-2H3,(H,20,22)(H,21,24). The first kappa shape index (κ1) is 16.6. The summed E-state index contributed by atoms with van der Waals surface area (Å²) in [7, 11) is 1.84. The molecular formula is C19H26N4O. The van der Waals surface area contributed by atoms with Crippen molar-refractivity contribution in [2.45, 2.75) is 51.1 Å². The van der Waals surface area contributed by atoms with E-state index in [0.29, 0.717) is 12.5 Å². The number of nitrogens with zero attached hydrogens (tertiary/aromatic N) is 2. The van der Waals surface area contributed by atoms with E-state index in [4.69, 9.17) is 0 Å². The Balaban J connectivity index is 1.64. The van der Waals surface area contributed by atoms with Crippen molar-refractivity contribution in [1.29, 1.82) is 0 Å². The lowest BCUT2D eigenvalue weighted by Gasteiger charge is -2.34. The highest BCUT2D eigenvalue weighted by Crippen LogP contribution is 2.33. The second-order valence-corrected chi connectivity index (χ2v) is 6.73. The Bertz CT molecular complexity index is 667. The van der Waals surface area contributed by atoms with E-state index < -0.39 is 0 Å². The fraction of sp³-hybridized carbons (Fsp3) is 0.474. The van der Waals surface area contributed by atoms with Crippen molar-refractivity contribution in [3.63, 3.8) is 0 Å². The lowest BCUT2D eigenvalue weighted by molar-refractivity contribution is 0.195. The van der Waals surface area contributed by atoms with E-state index in [0.717, 1.165) is 24.1 Å². The van der Waals surface area contributed by atoms with E-state index in [1.165, 1.54) is 18.4 Å². The van der Waals surface area contributed by atoms with Gasteiger partial charge in [0.05, 0.1) is 12.7 Å². The monoisotopic (exact) mass is 326 g/mol. The summed E-state index contributed by atoms with van der Waals surface area (Å²) in [5.41, 5.74) is 3.39. The molecule has 24 heavy (non-hydrogen) atoms. The van der Waals surface area contributed by atoms with E-state index >= 15 is 0 Å². The molecule has 0 saturated heterocycles. The predicted octanol–water partition coefficient (Wildman–Crippen LogP) is 3.59. The van der Waals surface area contributed by atoms with Crippen LogP contribution >= 0.6 is 0 Å². The molecule has 2 N–H and O–H groups in total. The Kier molecular flexibility index (Phi) is 5.18. The third-order valence-electron chi connectivity index (χ3n) is 4.99. The highest BCUT2D eigenvalue weighted by Gasteiger charge is 2.28. The first-order valence-electron chi connectivity index (χ1n) is 8.70. The molecule has 1 aromatic heterocycles. The van der Waals surface area contributed by atoms with Gasteiger partial charge in [-0.05, 0) is 25.3 Å². The molecule has 2 aromatic rings. The Morgan fingerprint density at radius 2 is 2.04 bits per heavy atom. The fourth-order valence-corrected chi connectivity index (χ4v) is 3.53. The summed E-state index contributed by atoms with van der Waals surface area (Å²) in [6.45, 7) is 2.54. The quantitative estimate of drug-likeness (QED) is 0.902. The summed E-state index contributed by atoms with van der Waals surface area (Å²) in [6.07, 6.45) is 6.38. The zero-order chi connectivity index (χ0) is 16.9. The van der Waals surface area contributed by atoms with Crippen LogP contribution in [0.4, 0.5) is 4.79 Å². The number of H-pyrrole nitrogens is 1. The molecular weight excluding hydrogens is 300 g/mol. The van der Waals surface area contributed by atoms with Gasteiger partial charge in [-0.25, -0.2) is 4.79 Å². The molecule has 0 bridgehead atoms. The predicted molar refractivity (Wildman–Crippen MR) is 94.8 cm³/mol. The topological polar surface area (TPSA) is 61.0 Å². The van der Waals surface area contributed by atoms with Gasteiger partial charge in [-0.1, -0.05) is 43.2 Å². The SMILES string of the molecule is Cc1[nH]ncc1CN(C)C(=O)NC1CCCCC1c1ccccc1. The second-order valence-electron chi connectivity index (χ2n) is 6.73. The van der Waals surface area contributed by atoms with E-state index in [2.05, 4.69) is 39.8 Å². The number of hydrogen-bond donors (Lipinski definition) is 2. The average Bonchev–Trinajstić information content (AvgIpc) is 3.01. The molecule has 1 aromatic carbocycles. The molecule has 2 atom stereocenters. The van der Waals surface area contributed by atoms with Crippen molar-refractivity contribution >= 4 is 6.03 Å². The number of nitrogens with one attached hydrogen (secondary N) is 2. The van der Waals surface area contributed by atoms with Crippen molar-refractivity contribution in [2.24, 2.45) is 0 Å². The van der Waals surface area contributed by atoms with Crippen LogP contribution in [-0.4, -0.2) is 34.2 Å². The first-order chi connectivity index (χ1) is 11.6. The maximum absolute atomic E-state index is 12.6. The molecule has 2 amide bonds. The number of rotatable bonds is 4. The molecule has 1 fully saturated rings.